The van der Waals surface area contributed by atoms with Crippen LogP contribution >= 0.6 is 0 Å². The molecular weight excluding hydrogens is 265 g/mol. The Kier molecular flexibility index (Phi) is 4.91. The number of hydrogen-bond donors (Lipinski definition) is 0. The van der Waals surface area contributed by atoms with Gasteiger partial charge in [0.25, 0.3) is 0 Å². The topological polar surface area (TPSA) is 52.6 Å². The summed E-state index contributed by atoms with van der Waals surface area (Å²) in [5, 5.41) is 0. The monoisotopic (exact) mass is 276 g/mol. The number of carbonyl (C=O) groups excluding carboxylic acids is 2. The third-order valence-corrected chi connectivity index (χ3v) is 2.24. The largest absolute Gasteiger partial charge is 0.492 e. The summed E-state index contributed by atoms with van der Waals surface area (Å²) in [6.07, 6.45) is -4.49. The van der Waals surface area contributed by atoms with E-state index in [-0.39, 0.29) is 18.6 Å². The maximum absolute atomic E-state index is 12.7. The molecule has 0 atom stereocenters. The molecule has 0 aliphatic carbocycles. The van der Waals surface area contributed by atoms with E-state index in [2.05, 4.69) is 4.74 Å². The lowest BCUT2D eigenvalue weighted by atomic mass is 10.1. The van der Waals surface area contributed by atoms with E-state index in [0.717, 1.165) is 6.07 Å². The first-order valence-corrected chi connectivity index (χ1v) is 5.24. The third kappa shape index (κ3) is 4.27. The van der Waals surface area contributed by atoms with E-state index in [1.165, 1.54) is 13.2 Å². The van der Waals surface area contributed by atoms with Gasteiger partial charge in [0.15, 0.2) is 0 Å². The normalized spacial score (nSPS) is 10.9. The molecule has 0 aliphatic heterocycles. The summed E-state index contributed by atoms with van der Waals surface area (Å²) >= 11 is 0. The molecule has 0 bridgehead atoms. The van der Waals surface area contributed by atoms with Gasteiger partial charge in [0.2, 0.25) is 0 Å². The zero-order valence-corrected chi connectivity index (χ0v) is 9.99. The third-order valence-electron chi connectivity index (χ3n) is 2.24. The SMILES string of the molecule is COC(=O)CCOc1ccc(C=O)cc1C(F)(F)F. The maximum atomic E-state index is 12.7. The standard InChI is InChI=1S/C12H11F3O4/c1-18-11(17)4-5-19-10-3-2-8(7-16)6-9(10)12(13,14)15/h2-3,6-7H,4-5H2,1H3. The van der Waals surface area contributed by atoms with Crippen molar-refractivity contribution in [3.63, 3.8) is 0 Å². The summed E-state index contributed by atoms with van der Waals surface area (Å²) < 4.78 is 47.4. The molecule has 0 amide bonds. The quantitative estimate of drug-likeness (QED) is 0.612. The van der Waals surface area contributed by atoms with Crippen LogP contribution in [0.3, 0.4) is 0 Å². The molecule has 0 fully saturated rings. The zero-order valence-electron chi connectivity index (χ0n) is 9.99. The highest BCUT2D eigenvalue weighted by molar-refractivity contribution is 5.75. The molecule has 0 aromatic heterocycles. The van der Waals surface area contributed by atoms with Crippen LogP contribution in [0.4, 0.5) is 13.2 Å². The average molecular weight is 276 g/mol. The van der Waals surface area contributed by atoms with Crippen LogP contribution in [0.15, 0.2) is 18.2 Å². The van der Waals surface area contributed by atoms with Crippen LogP contribution < -0.4 is 4.74 Å². The summed E-state index contributed by atoms with van der Waals surface area (Å²) in [5.41, 5.74) is -1.16. The molecule has 0 aliphatic rings. The lowest BCUT2D eigenvalue weighted by molar-refractivity contribution is -0.141. The van der Waals surface area contributed by atoms with E-state index >= 15 is 0 Å². The maximum Gasteiger partial charge on any atom is 0.419 e. The highest BCUT2D eigenvalue weighted by atomic mass is 19.4. The number of rotatable bonds is 5. The van der Waals surface area contributed by atoms with Crippen LogP contribution in [0.1, 0.15) is 22.3 Å². The molecule has 7 heteroatoms. The van der Waals surface area contributed by atoms with Crippen LogP contribution in [-0.2, 0) is 15.7 Å². The Bertz CT molecular complexity index is 469. The van der Waals surface area contributed by atoms with Gasteiger partial charge in [-0.2, -0.15) is 13.2 Å². The second kappa shape index (κ2) is 6.21. The Morgan fingerprint density at radius 3 is 2.58 bits per heavy atom. The van der Waals surface area contributed by atoms with Gasteiger partial charge in [-0.3, -0.25) is 9.59 Å². The van der Waals surface area contributed by atoms with Crippen LogP contribution in [0.25, 0.3) is 0 Å². The number of alkyl halides is 3. The Balaban J connectivity index is 2.88. The summed E-state index contributed by atoms with van der Waals surface area (Å²) in [6.45, 7) is -0.240. The predicted molar refractivity (Wildman–Crippen MR) is 59.0 cm³/mol. The minimum Gasteiger partial charge on any atom is -0.492 e. The molecule has 1 aromatic rings. The Morgan fingerprint density at radius 1 is 1.37 bits per heavy atom. The van der Waals surface area contributed by atoms with Crippen LogP contribution in [-0.4, -0.2) is 26.0 Å². The molecule has 1 rings (SSSR count). The fraction of sp³-hybridized carbons (Fsp3) is 0.333. The summed E-state index contributed by atoms with van der Waals surface area (Å²) in [4.78, 5) is 21.3. The molecule has 1 aromatic carbocycles. The molecule has 19 heavy (non-hydrogen) atoms. The molecule has 0 spiro atoms. The molecule has 4 nitrogen and oxygen atoms in total. The fourth-order valence-corrected chi connectivity index (χ4v) is 1.31. The number of ether oxygens (including phenoxy) is 2. The highest BCUT2D eigenvalue weighted by Crippen LogP contribution is 2.36. The Morgan fingerprint density at radius 2 is 2.05 bits per heavy atom. The van der Waals surface area contributed by atoms with Crippen molar-refractivity contribution >= 4 is 12.3 Å². The van der Waals surface area contributed by atoms with Crippen molar-refractivity contribution in [1.29, 1.82) is 0 Å². The van der Waals surface area contributed by atoms with E-state index in [9.17, 15) is 22.8 Å². The van der Waals surface area contributed by atoms with Gasteiger partial charge >= 0.3 is 12.1 Å². The lowest BCUT2D eigenvalue weighted by Crippen LogP contribution is -2.12. The number of methoxy groups -OCH3 is 1. The van der Waals surface area contributed by atoms with Gasteiger partial charge in [-0.25, -0.2) is 0 Å². The van der Waals surface area contributed by atoms with Crippen molar-refractivity contribution in [2.75, 3.05) is 13.7 Å². The predicted octanol–water partition coefficient (Wildman–Crippen LogP) is 2.46. The second-order valence-corrected chi connectivity index (χ2v) is 3.55. The van der Waals surface area contributed by atoms with Gasteiger partial charge in [-0.1, -0.05) is 0 Å². The van der Waals surface area contributed by atoms with Crippen molar-refractivity contribution < 1.29 is 32.2 Å². The molecule has 0 saturated carbocycles. The Hall–Kier alpha value is -2.05. The number of carbonyl (C=O) groups is 2. The molecule has 104 valence electrons. The van der Waals surface area contributed by atoms with Crippen molar-refractivity contribution in [2.24, 2.45) is 0 Å². The number of halogens is 3. The van der Waals surface area contributed by atoms with Crippen molar-refractivity contribution in [1.82, 2.24) is 0 Å². The molecular formula is C12H11F3O4. The fourth-order valence-electron chi connectivity index (χ4n) is 1.31. The summed E-state index contributed by atoms with van der Waals surface area (Å²) in [7, 11) is 1.17. The second-order valence-electron chi connectivity index (χ2n) is 3.55. The number of aldehydes is 1. The van der Waals surface area contributed by atoms with Gasteiger partial charge < -0.3 is 9.47 Å². The molecule has 0 heterocycles. The summed E-state index contributed by atoms with van der Waals surface area (Å²) in [6, 6.07) is 2.94. The van der Waals surface area contributed by atoms with Crippen LogP contribution in [0.5, 0.6) is 5.75 Å². The highest BCUT2D eigenvalue weighted by Gasteiger charge is 2.34. The number of benzene rings is 1. The first kappa shape index (κ1) is 15.0. The lowest BCUT2D eigenvalue weighted by Gasteiger charge is -2.14. The number of esters is 1. The smallest absolute Gasteiger partial charge is 0.419 e. The minimum atomic E-state index is -4.64. The van der Waals surface area contributed by atoms with E-state index in [0.29, 0.717) is 12.4 Å². The first-order valence-electron chi connectivity index (χ1n) is 5.24. The zero-order chi connectivity index (χ0) is 14.5. The minimum absolute atomic E-state index is 0.104. The van der Waals surface area contributed by atoms with Gasteiger partial charge in [0.1, 0.15) is 12.0 Å². The van der Waals surface area contributed by atoms with E-state index in [4.69, 9.17) is 4.74 Å². The number of hydrogen-bond acceptors (Lipinski definition) is 4. The van der Waals surface area contributed by atoms with Gasteiger partial charge in [-0.15, -0.1) is 0 Å². The van der Waals surface area contributed by atoms with Crippen molar-refractivity contribution in [3.8, 4) is 5.75 Å². The molecule has 0 saturated heterocycles. The molecule has 0 radical (unpaired) electrons. The molecule has 0 N–H and O–H groups in total. The van der Waals surface area contributed by atoms with Crippen LogP contribution in [0.2, 0.25) is 0 Å². The van der Waals surface area contributed by atoms with Crippen LogP contribution in [0, 0.1) is 0 Å². The van der Waals surface area contributed by atoms with Crippen molar-refractivity contribution in [2.45, 2.75) is 12.6 Å². The van der Waals surface area contributed by atoms with Gasteiger partial charge in [0, 0.05) is 5.56 Å². The van der Waals surface area contributed by atoms with E-state index in [1.807, 2.05) is 0 Å². The molecule has 0 unspecified atom stereocenters. The van der Waals surface area contributed by atoms with Gasteiger partial charge in [-0.05, 0) is 18.2 Å². The first-order chi connectivity index (χ1) is 8.88. The van der Waals surface area contributed by atoms with Crippen molar-refractivity contribution in [3.05, 3.63) is 29.3 Å². The Labute approximate surface area is 107 Å². The van der Waals surface area contributed by atoms with E-state index in [1.54, 1.807) is 0 Å². The van der Waals surface area contributed by atoms with E-state index < -0.39 is 23.5 Å². The summed E-state index contributed by atoms with van der Waals surface area (Å²) in [5.74, 6) is -1.01. The van der Waals surface area contributed by atoms with Gasteiger partial charge in [0.05, 0.1) is 25.7 Å². The average Bonchev–Trinajstić information content (AvgIpc) is 2.37.